The lowest BCUT2D eigenvalue weighted by atomic mass is 9.83. The van der Waals surface area contributed by atoms with Crippen molar-refractivity contribution in [1.82, 2.24) is 4.90 Å². The molecular weight excluding hydrogens is 348 g/mol. The number of morpholine rings is 1. The molecule has 152 valence electrons. The molecule has 0 aromatic heterocycles. The molecule has 1 fully saturated rings. The van der Waals surface area contributed by atoms with Crippen LogP contribution >= 0.6 is 0 Å². The van der Waals surface area contributed by atoms with Gasteiger partial charge in [-0.2, -0.15) is 0 Å². The molecule has 2 atom stereocenters. The van der Waals surface area contributed by atoms with Gasteiger partial charge < -0.3 is 14.5 Å². The maximum Gasteiger partial charge on any atom is 0.226 e. The Labute approximate surface area is 169 Å². The second-order valence-electron chi connectivity index (χ2n) is 8.76. The summed E-state index contributed by atoms with van der Waals surface area (Å²) in [6.07, 6.45) is 11.1. The number of rotatable bonds is 6. The fourth-order valence-electron chi connectivity index (χ4n) is 5.00. The van der Waals surface area contributed by atoms with Gasteiger partial charge in [0.1, 0.15) is 13.1 Å². The molecule has 1 aliphatic heterocycles. The fourth-order valence-corrected chi connectivity index (χ4v) is 5.00. The Morgan fingerprint density at radius 1 is 1.11 bits per heavy atom. The summed E-state index contributed by atoms with van der Waals surface area (Å²) in [5, 5.41) is 0. The standard InChI is InChI=1S/C24H34N2O2/c27-24(23-11-10-21-8-4-5-9-22(21)18-23)26(19-20-6-2-1-3-7-20)13-12-25-14-16-28-17-15-25/h1-2,4-5,8-9,20,23H,3,6-7,10-19H2/p+1/t20-,23-/m0/s1. The molecule has 3 aliphatic rings. The number of amides is 1. The number of aryl methyl sites for hydroxylation is 1. The summed E-state index contributed by atoms with van der Waals surface area (Å²) in [7, 11) is 0. The maximum atomic E-state index is 13.5. The van der Waals surface area contributed by atoms with Crippen molar-refractivity contribution in [2.75, 3.05) is 45.9 Å². The third-order valence-corrected chi connectivity index (χ3v) is 6.80. The number of hydrogen-bond donors (Lipinski definition) is 1. The Hall–Kier alpha value is -1.65. The number of fused-ring (bicyclic) bond motifs is 1. The fraction of sp³-hybridized carbons (Fsp3) is 0.625. The zero-order valence-electron chi connectivity index (χ0n) is 17.1. The molecular formula is C24H35N2O2+. The highest BCUT2D eigenvalue weighted by Crippen LogP contribution is 2.28. The first-order valence-corrected chi connectivity index (χ1v) is 11.2. The zero-order valence-corrected chi connectivity index (χ0v) is 17.1. The van der Waals surface area contributed by atoms with Gasteiger partial charge in [-0.3, -0.25) is 4.79 Å². The van der Waals surface area contributed by atoms with Crippen LogP contribution in [0.5, 0.6) is 0 Å². The van der Waals surface area contributed by atoms with Crippen molar-refractivity contribution >= 4 is 5.91 Å². The first-order chi connectivity index (χ1) is 13.8. The lowest BCUT2D eigenvalue weighted by Crippen LogP contribution is -3.14. The number of benzene rings is 1. The lowest BCUT2D eigenvalue weighted by Gasteiger charge is -2.34. The number of nitrogens with one attached hydrogen (secondary N) is 1. The van der Waals surface area contributed by atoms with Crippen LogP contribution in [-0.4, -0.2) is 56.7 Å². The van der Waals surface area contributed by atoms with Crippen molar-refractivity contribution in [2.45, 2.75) is 38.5 Å². The molecule has 4 rings (SSSR count). The van der Waals surface area contributed by atoms with Crippen LogP contribution in [0, 0.1) is 11.8 Å². The van der Waals surface area contributed by atoms with Crippen LogP contribution in [-0.2, 0) is 22.4 Å². The van der Waals surface area contributed by atoms with E-state index in [1.54, 1.807) is 4.90 Å². The minimum atomic E-state index is 0.161. The van der Waals surface area contributed by atoms with E-state index < -0.39 is 0 Å². The average Bonchev–Trinajstić information content (AvgIpc) is 2.77. The second-order valence-corrected chi connectivity index (χ2v) is 8.76. The van der Waals surface area contributed by atoms with Crippen LogP contribution in [0.25, 0.3) is 0 Å². The Kier molecular flexibility index (Phi) is 6.81. The predicted molar refractivity (Wildman–Crippen MR) is 111 cm³/mol. The molecule has 0 radical (unpaired) electrons. The van der Waals surface area contributed by atoms with Gasteiger partial charge in [0.05, 0.1) is 26.3 Å². The Bertz CT molecular complexity index is 681. The van der Waals surface area contributed by atoms with Crippen LogP contribution in [0.4, 0.5) is 0 Å². The summed E-state index contributed by atoms with van der Waals surface area (Å²) in [5.41, 5.74) is 2.82. The van der Waals surface area contributed by atoms with E-state index in [2.05, 4.69) is 41.3 Å². The number of ether oxygens (including phenoxy) is 1. The topological polar surface area (TPSA) is 34.0 Å². The van der Waals surface area contributed by atoms with Crippen molar-refractivity contribution < 1.29 is 14.4 Å². The van der Waals surface area contributed by atoms with E-state index in [0.29, 0.717) is 11.8 Å². The number of quaternary nitrogens is 1. The molecule has 0 unspecified atom stereocenters. The summed E-state index contributed by atoms with van der Waals surface area (Å²) in [6.45, 7) is 6.75. The van der Waals surface area contributed by atoms with Crippen molar-refractivity contribution in [1.29, 1.82) is 0 Å². The quantitative estimate of drug-likeness (QED) is 0.762. The lowest BCUT2D eigenvalue weighted by molar-refractivity contribution is -0.907. The molecule has 1 N–H and O–H groups in total. The predicted octanol–water partition coefficient (Wildman–Crippen LogP) is 1.89. The second kappa shape index (κ2) is 9.71. The molecule has 0 bridgehead atoms. The first-order valence-electron chi connectivity index (χ1n) is 11.2. The van der Waals surface area contributed by atoms with Crippen LogP contribution in [0.1, 0.15) is 36.8 Å². The number of carbonyl (C=O) groups excluding carboxylic acids is 1. The molecule has 2 aliphatic carbocycles. The van der Waals surface area contributed by atoms with Crippen LogP contribution in [0.3, 0.4) is 0 Å². The SMILES string of the molecule is O=C([C@H]1CCc2ccccc2C1)N(CC[NH+]1CCOCC1)C[C@H]1CC=CCC1. The Morgan fingerprint density at radius 3 is 2.71 bits per heavy atom. The molecule has 28 heavy (non-hydrogen) atoms. The average molecular weight is 384 g/mol. The minimum absolute atomic E-state index is 0.161. The molecule has 1 amide bonds. The van der Waals surface area contributed by atoms with Crippen molar-refractivity contribution in [2.24, 2.45) is 11.8 Å². The van der Waals surface area contributed by atoms with E-state index in [4.69, 9.17) is 4.74 Å². The molecule has 4 heteroatoms. The maximum absolute atomic E-state index is 13.5. The monoisotopic (exact) mass is 383 g/mol. The number of nitrogens with zero attached hydrogens (tertiary/aromatic N) is 1. The first kappa shape index (κ1) is 19.7. The van der Waals surface area contributed by atoms with Gasteiger partial charge in [-0.25, -0.2) is 0 Å². The van der Waals surface area contributed by atoms with Crippen molar-refractivity contribution in [3.63, 3.8) is 0 Å². The van der Waals surface area contributed by atoms with Crippen LogP contribution < -0.4 is 4.90 Å². The summed E-state index contributed by atoms with van der Waals surface area (Å²) >= 11 is 0. The van der Waals surface area contributed by atoms with Gasteiger partial charge >= 0.3 is 0 Å². The molecule has 1 saturated heterocycles. The molecule has 0 saturated carbocycles. The van der Waals surface area contributed by atoms with Crippen molar-refractivity contribution in [3.05, 3.63) is 47.5 Å². The number of hydrogen-bond acceptors (Lipinski definition) is 2. The summed E-state index contributed by atoms with van der Waals surface area (Å²) < 4.78 is 5.49. The third-order valence-electron chi connectivity index (χ3n) is 6.80. The zero-order chi connectivity index (χ0) is 19.2. The number of allylic oxidation sites excluding steroid dienone is 2. The van der Waals surface area contributed by atoms with Gasteiger partial charge in [-0.15, -0.1) is 0 Å². The Morgan fingerprint density at radius 2 is 1.93 bits per heavy atom. The van der Waals surface area contributed by atoms with Crippen LogP contribution in [0.15, 0.2) is 36.4 Å². The highest BCUT2D eigenvalue weighted by atomic mass is 16.5. The smallest absolute Gasteiger partial charge is 0.226 e. The third kappa shape index (κ3) is 5.03. The summed E-state index contributed by atoms with van der Waals surface area (Å²) in [5.74, 6) is 1.19. The molecule has 0 spiro atoms. The summed E-state index contributed by atoms with van der Waals surface area (Å²) in [6, 6.07) is 8.67. The highest BCUT2D eigenvalue weighted by molar-refractivity contribution is 5.79. The van der Waals surface area contributed by atoms with E-state index in [1.165, 1.54) is 17.5 Å². The largest absolute Gasteiger partial charge is 0.370 e. The van der Waals surface area contributed by atoms with Gasteiger partial charge in [0.15, 0.2) is 0 Å². The van der Waals surface area contributed by atoms with E-state index in [0.717, 1.165) is 78.0 Å². The summed E-state index contributed by atoms with van der Waals surface area (Å²) in [4.78, 5) is 17.3. The minimum Gasteiger partial charge on any atom is -0.370 e. The van der Waals surface area contributed by atoms with E-state index in [9.17, 15) is 4.79 Å². The highest BCUT2D eigenvalue weighted by Gasteiger charge is 2.30. The van der Waals surface area contributed by atoms with Crippen molar-refractivity contribution in [3.8, 4) is 0 Å². The van der Waals surface area contributed by atoms with E-state index in [1.807, 2.05) is 0 Å². The number of carbonyl (C=O) groups is 1. The normalized spacial score (nSPS) is 25.3. The van der Waals surface area contributed by atoms with Crippen LogP contribution in [0.2, 0.25) is 0 Å². The van der Waals surface area contributed by atoms with Gasteiger partial charge in [-0.1, -0.05) is 36.4 Å². The molecule has 1 aromatic carbocycles. The van der Waals surface area contributed by atoms with Gasteiger partial charge in [0.2, 0.25) is 5.91 Å². The molecule has 1 aromatic rings. The van der Waals surface area contributed by atoms with Gasteiger partial charge in [-0.05, 0) is 55.6 Å². The molecule has 1 heterocycles. The van der Waals surface area contributed by atoms with Gasteiger partial charge in [0.25, 0.3) is 0 Å². The molecule has 4 nitrogen and oxygen atoms in total. The van der Waals surface area contributed by atoms with E-state index in [-0.39, 0.29) is 5.92 Å². The Balaban J connectivity index is 1.40. The van der Waals surface area contributed by atoms with E-state index >= 15 is 0 Å². The van der Waals surface area contributed by atoms with Gasteiger partial charge in [0, 0.05) is 12.5 Å².